The minimum absolute atomic E-state index is 0.681. The minimum atomic E-state index is 0.681. The molecule has 0 bridgehead atoms. The molecular formula is C11H22N2S. The van der Waals surface area contributed by atoms with Crippen molar-refractivity contribution >= 4 is 11.8 Å². The highest BCUT2D eigenvalue weighted by molar-refractivity contribution is 8.00. The summed E-state index contributed by atoms with van der Waals surface area (Å²) in [5.74, 6) is 0.919. The van der Waals surface area contributed by atoms with Crippen molar-refractivity contribution in [3.8, 4) is 0 Å². The molecule has 14 heavy (non-hydrogen) atoms. The lowest BCUT2D eigenvalue weighted by atomic mass is 10.1. The average Bonchev–Trinajstić information content (AvgIpc) is 2.87. The molecule has 0 radical (unpaired) electrons. The van der Waals surface area contributed by atoms with Gasteiger partial charge in [-0.15, -0.1) is 0 Å². The van der Waals surface area contributed by atoms with Crippen molar-refractivity contribution in [1.82, 2.24) is 4.90 Å². The fraction of sp³-hybridized carbons (Fsp3) is 1.00. The third-order valence-electron chi connectivity index (χ3n) is 3.32. The molecule has 0 aromatic heterocycles. The molecule has 3 heteroatoms. The van der Waals surface area contributed by atoms with E-state index in [1.165, 1.54) is 25.9 Å². The molecule has 2 nitrogen and oxygen atoms in total. The van der Waals surface area contributed by atoms with E-state index in [4.69, 9.17) is 5.73 Å². The van der Waals surface area contributed by atoms with Gasteiger partial charge in [-0.25, -0.2) is 0 Å². The summed E-state index contributed by atoms with van der Waals surface area (Å²) in [5, 5.41) is 1.57. The fourth-order valence-electron chi connectivity index (χ4n) is 2.61. The number of nitrogens with zero attached hydrogens (tertiary/aromatic N) is 1. The molecule has 82 valence electrons. The van der Waals surface area contributed by atoms with Crippen molar-refractivity contribution in [2.45, 2.75) is 43.2 Å². The predicted octanol–water partition coefficient (Wildman–Crippen LogP) is 1.55. The summed E-state index contributed by atoms with van der Waals surface area (Å²) in [4.78, 5) is 2.64. The van der Waals surface area contributed by atoms with E-state index in [1.807, 2.05) is 0 Å². The number of rotatable bonds is 3. The Morgan fingerprint density at radius 3 is 2.29 bits per heavy atom. The average molecular weight is 214 g/mol. The zero-order valence-corrected chi connectivity index (χ0v) is 10.1. The molecule has 0 aromatic rings. The lowest BCUT2D eigenvalue weighted by Crippen LogP contribution is -2.50. The Hall–Kier alpha value is 0.270. The van der Waals surface area contributed by atoms with Crippen LogP contribution in [0.2, 0.25) is 0 Å². The van der Waals surface area contributed by atoms with E-state index < -0.39 is 0 Å². The zero-order chi connectivity index (χ0) is 10.1. The number of thioether (sulfide) groups is 1. The lowest BCUT2D eigenvalue weighted by Gasteiger charge is -2.39. The molecule has 1 saturated heterocycles. The Morgan fingerprint density at radius 1 is 1.29 bits per heavy atom. The summed E-state index contributed by atoms with van der Waals surface area (Å²) in [6.45, 7) is 8.02. The van der Waals surface area contributed by atoms with Gasteiger partial charge in [-0.2, -0.15) is 11.8 Å². The van der Waals surface area contributed by atoms with Gasteiger partial charge < -0.3 is 5.73 Å². The molecule has 1 saturated carbocycles. The molecule has 3 unspecified atom stereocenters. The van der Waals surface area contributed by atoms with Crippen LogP contribution in [-0.2, 0) is 0 Å². The highest BCUT2D eigenvalue weighted by atomic mass is 32.2. The molecule has 3 atom stereocenters. The quantitative estimate of drug-likeness (QED) is 0.773. The van der Waals surface area contributed by atoms with E-state index >= 15 is 0 Å². The number of hydrogen-bond donors (Lipinski definition) is 1. The van der Waals surface area contributed by atoms with Crippen molar-refractivity contribution in [2.75, 3.05) is 19.6 Å². The predicted molar refractivity (Wildman–Crippen MR) is 63.7 cm³/mol. The maximum atomic E-state index is 5.89. The standard InChI is InChI=1S/C11H22N2S/c1-8-6-13(7-9(2)14-8)11(5-12)10-3-4-10/h8-11H,3-7,12H2,1-2H3. The molecule has 1 aliphatic carbocycles. The van der Waals surface area contributed by atoms with Crippen molar-refractivity contribution in [2.24, 2.45) is 11.7 Å². The Labute approximate surface area is 91.6 Å². The van der Waals surface area contributed by atoms with Gasteiger partial charge in [0.25, 0.3) is 0 Å². The second kappa shape index (κ2) is 4.42. The topological polar surface area (TPSA) is 29.3 Å². The van der Waals surface area contributed by atoms with Crippen molar-refractivity contribution in [3.63, 3.8) is 0 Å². The smallest absolute Gasteiger partial charge is 0.0247 e. The summed E-state index contributed by atoms with van der Waals surface area (Å²) >= 11 is 2.12. The van der Waals surface area contributed by atoms with Crippen LogP contribution in [0, 0.1) is 5.92 Å². The van der Waals surface area contributed by atoms with E-state index in [0.29, 0.717) is 6.04 Å². The first-order chi connectivity index (χ1) is 6.70. The van der Waals surface area contributed by atoms with Crippen LogP contribution < -0.4 is 5.73 Å². The first kappa shape index (κ1) is 10.8. The van der Waals surface area contributed by atoms with Crippen molar-refractivity contribution in [1.29, 1.82) is 0 Å². The van der Waals surface area contributed by atoms with Crippen LogP contribution in [0.25, 0.3) is 0 Å². The molecule has 1 heterocycles. The van der Waals surface area contributed by atoms with E-state index in [1.54, 1.807) is 0 Å². The Balaban J connectivity index is 1.93. The maximum Gasteiger partial charge on any atom is 0.0247 e. The second-order valence-corrected chi connectivity index (χ2v) is 6.73. The van der Waals surface area contributed by atoms with Gasteiger partial charge in [0, 0.05) is 36.2 Å². The molecule has 1 aliphatic heterocycles. The maximum absolute atomic E-state index is 5.89. The van der Waals surface area contributed by atoms with Gasteiger partial charge in [-0.3, -0.25) is 4.90 Å². The third-order valence-corrected chi connectivity index (χ3v) is 4.55. The zero-order valence-electron chi connectivity index (χ0n) is 9.28. The molecule has 0 spiro atoms. The van der Waals surface area contributed by atoms with Crippen LogP contribution in [0.1, 0.15) is 26.7 Å². The van der Waals surface area contributed by atoms with Crippen LogP contribution in [0.3, 0.4) is 0 Å². The van der Waals surface area contributed by atoms with Gasteiger partial charge in [0.2, 0.25) is 0 Å². The summed E-state index contributed by atoms with van der Waals surface area (Å²) in [6.07, 6.45) is 2.82. The van der Waals surface area contributed by atoms with E-state index in [2.05, 4.69) is 30.5 Å². The van der Waals surface area contributed by atoms with E-state index in [-0.39, 0.29) is 0 Å². The van der Waals surface area contributed by atoms with Gasteiger partial charge in [0.05, 0.1) is 0 Å². The molecule has 0 amide bonds. The Morgan fingerprint density at radius 2 is 1.86 bits per heavy atom. The summed E-state index contributed by atoms with van der Waals surface area (Å²) in [6, 6.07) is 0.681. The molecule has 2 aliphatic rings. The van der Waals surface area contributed by atoms with Gasteiger partial charge in [-0.1, -0.05) is 13.8 Å². The Bertz CT molecular complexity index is 184. The normalized spacial score (nSPS) is 37.1. The summed E-state index contributed by atoms with van der Waals surface area (Å²) in [7, 11) is 0. The van der Waals surface area contributed by atoms with E-state index in [0.717, 1.165) is 23.0 Å². The molecule has 2 N–H and O–H groups in total. The fourth-order valence-corrected chi connectivity index (χ4v) is 3.96. The van der Waals surface area contributed by atoms with Crippen molar-refractivity contribution in [3.05, 3.63) is 0 Å². The molecule has 2 rings (SSSR count). The summed E-state index contributed by atoms with van der Waals surface area (Å²) in [5.41, 5.74) is 5.89. The molecule has 2 fully saturated rings. The Kier molecular flexibility index (Phi) is 3.40. The highest BCUT2D eigenvalue weighted by Crippen LogP contribution is 2.37. The third kappa shape index (κ3) is 2.44. The van der Waals surface area contributed by atoms with Gasteiger partial charge in [0.15, 0.2) is 0 Å². The van der Waals surface area contributed by atoms with Crippen LogP contribution >= 0.6 is 11.8 Å². The molecular weight excluding hydrogens is 192 g/mol. The SMILES string of the molecule is CC1CN(C(CN)C2CC2)CC(C)S1. The first-order valence-corrected chi connectivity index (χ1v) is 6.74. The van der Waals surface area contributed by atoms with Crippen LogP contribution in [0.15, 0.2) is 0 Å². The lowest BCUT2D eigenvalue weighted by molar-refractivity contribution is 0.179. The highest BCUT2D eigenvalue weighted by Gasteiger charge is 2.36. The van der Waals surface area contributed by atoms with Gasteiger partial charge >= 0.3 is 0 Å². The molecule has 0 aromatic carbocycles. The number of hydrogen-bond acceptors (Lipinski definition) is 3. The first-order valence-electron chi connectivity index (χ1n) is 5.80. The second-order valence-electron chi connectivity index (χ2n) is 4.85. The van der Waals surface area contributed by atoms with Gasteiger partial charge in [0.1, 0.15) is 0 Å². The number of nitrogens with two attached hydrogens (primary N) is 1. The largest absolute Gasteiger partial charge is 0.329 e. The monoisotopic (exact) mass is 214 g/mol. The van der Waals surface area contributed by atoms with Gasteiger partial charge in [-0.05, 0) is 18.8 Å². The van der Waals surface area contributed by atoms with Crippen LogP contribution in [0.4, 0.5) is 0 Å². The van der Waals surface area contributed by atoms with Crippen LogP contribution in [-0.4, -0.2) is 41.1 Å². The van der Waals surface area contributed by atoms with Crippen molar-refractivity contribution < 1.29 is 0 Å². The van der Waals surface area contributed by atoms with Crippen LogP contribution in [0.5, 0.6) is 0 Å². The summed E-state index contributed by atoms with van der Waals surface area (Å²) < 4.78 is 0. The minimum Gasteiger partial charge on any atom is -0.329 e. The van der Waals surface area contributed by atoms with E-state index in [9.17, 15) is 0 Å².